The largest absolute Gasteiger partial charge is 0.493 e. The van der Waals surface area contributed by atoms with Crippen LogP contribution < -0.4 is 10.1 Å². The number of hydrogen-bond donors (Lipinski definition) is 1. The van der Waals surface area contributed by atoms with Crippen LogP contribution >= 0.6 is 0 Å². The normalized spacial score (nSPS) is 16.7. The first-order valence-electron chi connectivity index (χ1n) is 6.38. The van der Waals surface area contributed by atoms with Gasteiger partial charge in [0.15, 0.2) is 11.6 Å². The van der Waals surface area contributed by atoms with Crippen molar-refractivity contribution in [3.63, 3.8) is 0 Å². The van der Waals surface area contributed by atoms with Crippen LogP contribution in [0, 0.1) is 24.5 Å². The van der Waals surface area contributed by atoms with Crippen molar-refractivity contribution in [2.24, 2.45) is 5.92 Å². The lowest BCUT2D eigenvalue weighted by Crippen LogP contribution is -2.26. The van der Waals surface area contributed by atoms with Crippen LogP contribution in [0.15, 0.2) is 12.1 Å². The van der Waals surface area contributed by atoms with Gasteiger partial charge in [0.1, 0.15) is 5.75 Å². The molecule has 1 saturated carbocycles. The fraction of sp³-hybridized carbons (Fsp3) is 0.571. The highest BCUT2D eigenvalue weighted by Crippen LogP contribution is 2.22. The lowest BCUT2D eigenvalue weighted by atomic mass is 10.2. The van der Waals surface area contributed by atoms with Gasteiger partial charge in [0.05, 0.1) is 6.61 Å². The molecule has 100 valence electrons. The molecule has 0 aromatic heterocycles. The third-order valence-corrected chi connectivity index (χ3v) is 3.07. The number of benzene rings is 1. The molecule has 0 spiro atoms. The van der Waals surface area contributed by atoms with Gasteiger partial charge < -0.3 is 10.1 Å². The first-order valence-corrected chi connectivity index (χ1v) is 6.38. The quantitative estimate of drug-likeness (QED) is 0.843. The van der Waals surface area contributed by atoms with Crippen molar-refractivity contribution >= 4 is 0 Å². The van der Waals surface area contributed by atoms with E-state index in [-0.39, 0.29) is 0 Å². The summed E-state index contributed by atoms with van der Waals surface area (Å²) in [5.41, 5.74) is 0.622. The first kappa shape index (κ1) is 13.3. The number of nitrogens with one attached hydrogen (secondary N) is 1. The Kier molecular flexibility index (Phi) is 4.17. The van der Waals surface area contributed by atoms with E-state index in [1.807, 2.05) is 0 Å². The van der Waals surface area contributed by atoms with E-state index in [4.69, 9.17) is 4.74 Å². The Labute approximate surface area is 106 Å². The molecule has 0 radical (unpaired) electrons. The lowest BCUT2D eigenvalue weighted by Gasteiger charge is -2.15. The second kappa shape index (κ2) is 5.65. The summed E-state index contributed by atoms with van der Waals surface area (Å²) in [6.45, 7) is 5.19. The van der Waals surface area contributed by atoms with Gasteiger partial charge in [-0.15, -0.1) is 0 Å². The van der Waals surface area contributed by atoms with Crippen molar-refractivity contribution in [2.75, 3.05) is 13.2 Å². The van der Waals surface area contributed by atoms with E-state index in [1.54, 1.807) is 6.92 Å². The van der Waals surface area contributed by atoms with Crippen molar-refractivity contribution in [1.29, 1.82) is 0 Å². The van der Waals surface area contributed by atoms with E-state index in [1.165, 1.54) is 12.8 Å². The molecule has 0 bridgehead atoms. The highest BCUT2D eigenvalue weighted by molar-refractivity contribution is 5.33. The smallest absolute Gasteiger partial charge is 0.162 e. The summed E-state index contributed by atoms with van der Waals surface area (Å²) in [5, 5.41) is 3.41. The van der Waals surface area contributed by atoms with Gasteiger partial charge in [-0.05, 0) is 31.4 Å². The fourth-order valence-electron chi connectivity index (χ4n) is 1.73. The summed E-state index contributed by atoms with van der Waals surface area (Å²) >= 11 is 0. The zero-order valence-electron chi connectivity index (χ0n) is 10.8. The molecule has 2 nitrogen and oxygen atoms in total. The van der Waals surface area contributed by atoms with Crippen molar-refractivity contribution in [3.05, 3.63) is 29.3 Å². The SMILES string of the molecule is Cc1cc(F)c(F)cc1OCC(C)CNC1CC1. The molecule has 0 aliphatic heterocycles. The fourth-order valence-corrected chi connectivity index (χ4v) is 1.73. The molecule has 4 heteroatoms. The molecule has 1 aliphatic rings. The third kappa shape index (κ3) is 3.67. The molecule has 1 aliphatic carbocycles. The Morgan fingerprint density at radius 3 is 2.67 bits per heavy atom. The molecule has 1 fully saturated rings. The molecule has 1 atom stereocenters. The van der Waals surface area contributed by atoms with Gasteiger partial charge in [0.25, 0.3) is 0 Å². The van der Waals surface area contributed by atoms with Gasteiger partial charge >= 0.3 is 0 Å². The molecular formula is C14H19F2NO. The summed E-state index contributed by atoms with van der Waals surface area (Å²) in [6.07, 6.45) is 2.52. The monoisotopic (exact) mass is 255 g/mol. The zero-order chi connectivity index (χ0) is 13.1. The summed E-state index contributed by atoms with van der Waals surface area (Å²) in [6, 6.07) is 2.96. The molecule has 18 heavy (non-hydrogen) atoms. The Bertz CT molecular complexity index is 419. The predicted molar refractivity (Wildman–Crippen MR) is 66.8 cm³/mol. The minimum atomic E-state index is -0.862. The van der Waals surface area contributed by atoms with Crippen molar-refractivity contribution < 1.29 is 13.5 Å². The van der Waals surface area contributed by atoms with Crippen molar-refractivity contribution in [2.45, 2.75) is 32.7 Å². The molecule has 1 aromatic carbocycles. The predicted octanol–water partition coefficient (Wildman–Crippen LogP) is 3.04. The van der Waals surface area contributed by atoms with E-state index in [0.717, 1.165) is 18.7 Å². The maximum absolute atomic E-state index is 13.1. The van der Waals surface area contributed by atoms with E-state index in [2.05, 4.69) is 12.2 Å². The average molecular weight is 255 g/mol. The molecule has 0 saturated heterocycles. The van der Waals surface area contributed by atoms with Crippen LogP contribution in [0.2, 0.25) is 0 Å². The summed E-state index contributed by atoms with van der Waals surface area (Å²) in [5.74, 6) is -0.923. The molecule has 2 rings (SSSR count). The molecule has 1 unspecified atom stereocenters. The molecule has 1 N–H and O–H groups in total. The van der Waals surface area contributed by atoms with Crippen LogP contribution in [0.5, 0.6) is 5.75 Å². The number of halogens is 2. The number of hydrogen-bond acceptors (Lipinski definition) is 2. The molecule has 1 aromatic rings. The van der Waals surface area contributed by atoms with Crippen molar-refractivity contribution in [1.82, 2.24) is 5.32 Å². The van der Waals surface area contributed by atoms with Gasteiger partial charge in [-0.25, -0.2) is 8.78 Å². The maximum atomic E-state index is 13.1. The Balaban J connectivity index is 1.82. The molecular weight excluding hydrogens is 236 g/mol. The summed E-state index contributed by atoms with van der Waals surface area (Å²) in [4.78, 5) is 0. The maximum Gasteiger partial charge on any atom is 0.162 e. The van der Waals surface area contributed by atoms with Crippen LogP contribution in [0.3, 0.4) is 0 Å². The van der Waals surface area contributed by atoms with Crippen LogP contribution in [0.1, 0.15) is 25.3 Å². The second-order valence-corrected chi connectivity index (χ2v) is 5.13. The van der Waals surface area contributed by atoms with Crippen molar-refractivity contribution in [3.8, 4) is 5.75 Å². The second-order valence-electron chi connectivity index (χ2n) is 5.13. The Morgan fingerprint density at radius 1 is 1.33 bits per heavy atom. The van der Waals surface area contributed by atoms with Crippen LogP contribution in [0.4, 0.5) is 8.78 Å². The van der Waals surface area contributed by atoms with E-state index < -0.39 is 11.6 Å². The number of ether oxygens (including phenoxy) is 1. The van der Waals surface area contributed by atoms with E-state index >= 15 is 0 Å². The third-order valence-electron chi connectivity index (χ3n) is 3.07. The Hall–Kier alpha value is -1.16. The van der Waals surface area contributed by atoms with E-state index in [9.17, 15) is 8.78 Å². The topological polar surface area (TPSA) is 21.3 Å². The van der Waals surface area contributed by atoms with Gasteiger partial charge in [-0.2, -0.15) is 0 Å². The molecule has 0 heterocycles. The van der Waals surface area contributed by atoms with Crippen LogP contribution in [-0.4, -0.2) is 19.2 Å². The lowest BCUT2D eigenvalue weighted by molar-refractivity contribution is 0.252. The number of aryl methyl sites for hydroxylation is 1. The summed E-state index contributed by atoms with van der Waals surface area (Å²) in [7, 11) is 0. The van der Waals surface area contributed by atoms with Crippen LogP contribution in [-0.2, 0) is 0 Å². The highest BCUT2D eigenvalue weighted by atomic mass is 19.2. The Morgan fingerprint density at radius 2 is 2.00 bits per heavy atom. The van der Waals surface area contributed by atoms with Gasteiger partial charge in [0, 0.05) is 24.6 Å². The minimum absolute atomic E-state index is 0.345. The molecule has 0 amide bonds. The highest BCUT2D eigenvalue weighted by Gasteiger charge is 2.21. The van der Waals surface area contributed by atoms with Gasteiger partial charge in [-0.1, -0.05) is 6.92 Å². The standard InChI is InChI=1S/C14H19F2NO/c1-9(7-17-11-3-4-11)8-18-14-6-13(16)12(15)5-10(14)2/h5-6,9,11,17H,3-4,7-8H2,1-2H3. The van der Waals surface area contributed by atoms with Crippen LogP contribution in [0.25, 0.3) is 0 Å². The number of rotatable bonds is 6. The van der Waals surface area contributed by atoms with Gasteiger partial charge in [0.2, 0.25) is 0 Å². The minimum Gasteiger partial charge on any atom is -0.493 e. The van der Waals surface area contributed by atoms with Gasteiger partial charge in [-0.3, -0.25) is 0 Å². The average Bonchev–Trinajstić information content (AvgIpc) is 3.13. The van der Waals surface area contributed by atoms with E-state index in [0.29, 0.717) is 29.9 Å². The first-order chi connectivity index (χ1) is 8.56. The summed E-state index contributed by atoms with van der Waals surface area (Å²) < 4.78 is 31.6. The zero-order valence-corrected chi connectivity index (χ0v) is 10.8.